The molecule has 1 aromatic rings. The van der Waals surface area contributed by atoms with E-state index in [1.165, 1.54) is 0 Å². The number of rotatable bonds is 2. The van der Waals surface area contributed by atoms with Crippen molar-refractivity contribution in [3.8, 4) is 0 Å². The van der Waals surface area contributed by atoms with Gasteiger partial charge in [-0.3, -0.25) is 0 Å². The van der Waals surface area contributed by atoms with Crippen LogP contribution < -0.4 is 11.5 Å². The maximum atomic E-state index is 5.96. The first-order valence-electron chi connectivity index (χ1n) is 5.43. The molecular formula is C10H19N5. The zero-order valence-corrected chi connectivity index (χ0v) is 9.35. The molecule has 0 aliphatic heterocycles. The second-order valence-electron chi connectivity index (χ2n) is 5.03. The van der Waals surface area contributed by atoms with Crippen molar-refractivity contribution in [2.45, 2.75) is 50.7 Å². The highest BCUT2D eigenvalue weighted by Gasteiger charge is 2.26. The highest BCUT2D eigenvalue weighted by Crippen LogP contribution is 2.28. The number of nitrogens with two attached hydrogens (primary N) is 2. The Labute approximate surface area is 89.8 Å². The van der Waals surface area contributed by atoms with Crippen LogP contribution in [0.2, 0.25) is 0 Å². The van der Waals surface area contributed by atoms with Gasteiger partial charge in [-0.25, -0.2) is 4.68 Å². The molecule has 2 atom stereocenters. The van der Waals surface area contributed by atoms with Crippen LogP contribution in [0.15, 0.2) is 6.20 Å². The van der Waals surface area contributed by atoms with Gasteiger partial charge in [0.15, 0.2) is 0 Å². The molecule has 0 radical (unpaired) electrons. The Bertz CT molecular complexity index is 338. The molecule has 1 fully saturated rings. The second-order valence-corrected chi connectivity index (χ2v) is 5.03. The molecule has 0 unspecified atom stereocenters. The molecule has 5 heteroatoms. The van der Waals surface area contributed by atoms with Gasteiger partial charge in [0, 0.05) is 6.04 Å². The number of nitrogens with zero attached hydrogens (tertiary/aromatic N) is 3. The van der Waals surface area contributed by atoms with E-state index in [4.69, 9.17) is 11.5 Å². The standard InChI is InChI=1S/C10H19N5/c1-10(2,12)9-6-15(14-13-9)8-4-3-7(11)5-8/h6-8H,3-5,11-12H2,1-2H3/t7-,8+/m0/s1. The second kappa shape index (κ2) is 3.57. The summed E-state index contributed by atoms with van der Waals surface area (Å²) >= 11 is 0. The molecule has 1 aliphatic carbocycles. The third-order valence-electron chi connectivity index (χ3n) is 2.99. The van der Waals surface area contributed by atoms with E-state index in [-0.39, 0.29) is 0 Å². The number of hydrogen-bond donors (Lipinski definition) is 2. The number of hydrogen-bond acceptors (Lipinski definition) is 4. The Morgan fingerprint density at radius 1 is 1.47 bits per heavy atom. The Morgan fingerprint density at radius 3 is 2.67 bits per heavy atom. The molecule has 4 N–H and O–H groups in total. The molecule has 0 bridgehead atoms. The van der Waals surface area contributed by atoms with Gasteiger partial charge in [0.25, 0.3) is 0 Å². The van der Waals surface area contributed by atoms with Crippen LogP contribution in [-0.4, -0.2) is 21.0 Å². The molecule has 0 saturated heterocycles. The van der Waals surface area contributed by atoms with Gasteiger partial charge in [-0.05, 0) is 33.1 Å². The molecule has 15 heavy (non-hydrogen) atoms. The van der Waals surface area contributed by atoms with E-state index in [0.29, 0.717) is 12.1 Å². The van der Waals surface area contributed by atoms with Gasteiger partial charge in [0.2, 0.25) is 0 Å². The van der Waals surface area contributed by atoms with Crippen molar-refractivity contribution in [3.05, 3.63) is 11.9 Å². The fourth-order valence-corrected chi connectivity index (χ4v) is 1.98. The topological polar surface area (TPSA) is 82.8 Å². The quantitative estimate of drug-likeness (QED) is 0.744. The molecule has 2 rings (SSSR count). The molecule has 1 saturated carbocycles. The van der Waals surface area contributed by atoms with Crippen molar-refractivity contribution in [2.75, 3.05) is 0 Å². The highest BCUT2D eigenvalue weighted by molar-refractivity contribution is 5.06. The first-order chi connectivity index (χ1) is 6.97. The van der Waals surface area contributed by atoms with Gasteiger partial charge in [-0.2, -0.15) is 0 Å². The van der Waals surface area contributed by atoms with Gasteiger partial charge in [0.1, 0.15) is 5.69 Å². The summed E-state index contributed by atoms with van der Waals surface area (Å²) in [7, 11) is 0. The van der Waals surface area contributed by atoms with Crippen molar-refractivity contribution in [3.63, 3.8) is 0 Å². The third kappa shape index (κ3) is 2.18. The Morgan fingerprint density at radius 2 is 2.20 bits per heavy atom. The predicted octanol–water partition coefficient (Wildman–Crippen LogP) is 0.524. The largest absolute Gasteiger partial charge is 0.328 e. The lowest BCUT2D eigenvalue weighted by atomic mass is 10.0. The van der Waals surface area contributed by atoms with Crippen molar-refractivity contribution in [2.24, 2.45) is 11.5 Å². The van der Waals surface area contributed by atoms with Crippen LogP contribution >= 0.6 is 0 Å². The van der Waals surface area contributed by atoms with Gasteiger partial charge in [-0.15, -0.1) is 5.10 Å². The Kier molecular flexibility index (Phi) is 2.52. The minimum atomic E-state index is -0.418. The average Bonchev–Trinajstić information content (AvgIpc) is 2.69. The molecule has 1 aromatic heterocycles. The zero-order valence-electron chi connectivity index (χ0n) is 9.35. The van der Waals surface area contributed by atoms with Crippen LogP contribution in [0.1, 0.15) is 44.8 Å². The van der Waals surface area contributed by atoms with Crippen LogP contribution in [0.25, 0.3) is 0 Å². The fourth-order valence-electron chi connectivity index (χ4n) is 1.98. The summed E-state index contributed by atoms with van der Waals surface area (Å²) in [4.78, 5) is 0. The lowest BCUT2D eigenvalue weighted by Crippen LogP contribution is -2.29. The molecule has 1 aliphatic rings. The smallest absolute Gasteiger partial charge is 0.102 e. The van der Waals surface area contributed by atoms with Crippen molar-refractivity contribution in [1.29, 1.82) is 0 Å². The third-order valence-corrected chi connectivity index (χ3v) is 2.99. The summed E-state index contributed by atoms with van der Waals surface area (Å²) in [5.74, 6) is 0. The summed E-state index contributed by atoms with van der Waals surface area (Å²) in [5, 5.41) is 8.23. The zero-order chi connectivity index (χ0) is 11.1. The summed E-state index contributed by atoms with van der Waals surface area (Å²) < 4.78 is 1.91. The van der Waals surface area contributed by atoms with E-state index in [9.17, 15) is 0 Å². The van der Waals surface area contributed by atoms with Crippen molar-refractivity contribution < 1.29 is 0 Å². The van der Waals surface area contributed by atoms with E-state index < -0.39 is 5.54 Å². The van der Waals surface area contributed by atoms with Crippen LogP contribution in [0.5, 0.6) is 0 Å². The minimum absolute atomic E-state index is 0.313. The monoisotopic (exact) mass is 209 g/mol. The van der Waals surface area contributed by atoms with Crippen molar-refractivity contribution in [1.82, 2.24) is 15.0 Å². The minimum Gasteiger partial charge on any atom is -0.328 e. The Hall–Kier alpha value is -0.940. The van der Waals surface area contributed by atoms with E-state index in [1.54, 1.807) is 0 Å². The summed E-state index contributed by atoms with van der Waals surface area (Å²) in [5.41, 5.74) is 12.2. The molecule has 0 aromatic carbocycles. The predicted molar refractivity (Wildman–Crippen MR) is 58.1 cm³/mol. The average molecular weight is 209 g/mol. The molecule has 84 valence electrons. The van der Waals surface area contributed by atoms with Gasteiger partial charge in [-0.1, -0.05) is 5.21 Å². The van der Waals surface area contributed by atoms with E-state index in [2.05, 4.69) is 10.3 Å². The van der Waals surface area contributed by atoms with Crippen LogP contribution in [-0.2, 0) is 5.54 Å². The van der Waals surface area contributed by atoms with Crippen LogP contribution in [0.3, 0.4) is 0 Å². The lowest BCUT2D eigenvalue weighted by molar-refractivity contribution is 0.448. The Balaban J connectivity index is 2.14. The molecule has 0 spiro atoms. The fraction of sp³-hybridized carbons (Fsp3) is 0.800. The highest BCUT2D eigenvalue weighted by atomic mass is 15.4. The van der Waals surface area contributed by atoms with Gasteiger partial charge < -0.3 is 11.5 Å². The van der Waals surface area contributed by atoms with Crippen LogP contribution in [0.4, 0.5) is 0 Å². The summed E-state index contributed by atoms with van der Waals surface area (Å²) in [6, 6.07) is 0.720. The summed E-state index contributed by atoms with van der Waals surface area (Å²) in [6.45, 7) is 3.86. The molecule has 1 heterocycles. The van der Waals surface area contributed by atoms with Crippen LogP contribution in [0, 0.1) is 0 Å². The maximum absolute atomic E-state index is 5.96. The van der Waals surface area contributed by atoms with E-state index >= 15 is 0 Å². The number of aromatic nitrogens is 3. The molecule has 0 amide bonds. The summed E-state index contributed by atoms with van der Waals surface area (Å²) in [6.07, 6.45) is 5.11. The first-order valence-corrected chi connectivity index (χ1v) is 5.43. The van der Waals surface area contributed by atoms with Crippen molar-refractivity contribution >= 4 is 0 Å². The first kappa shape index (κ1) is 10.6. The van der Waals surface area contributed by atoms with Gasteiger partial charge in [0.05, 0.1) is 17.8 Å². The van der Waals surface area contributed by atoms with E-state index in [0.717, 1.165) is 25.0 Å². The molecular weight excluding hydrogens is 190 g/mol. The maximum Gasteiger partial charge on any atom is 0.102 e. The normalized spacial score (nSPS) is 27.2. The lowest BCUT2D eigenvalue weighted by Gasteiger charge is -2.14. The molecule has 5 nitrogen and oxygen atoms in total. The van der Waals surface area contributed by atoms with Gasteiger partial charge >= 0.3 is 0 Å². The van der Waals surface area contributed by atoms with E-state index in [1.807, 2.05) is 24.7 Å². The SMILES string of the molecule is CC(C)(N)c1cn([C@@H]2CC[C@H](N)C2)nn1.